The number of amides is 2. The summed E-state index contributed by atoms with van der Waals surface area (Å²) in [6.45, 7) is 8.10. The monoisotopic (exact) mass is 325 g/mol. The highest BCUT2D eigenvalue weighted by Gasteiger charge is 2.46. The number of urea groups is 1. The minimum absolute atomic E-state index is 0.0198. The molecule has 0 spiro atoms. The lowest BCUT2D eigenvalue weighted by molar-refractivity contribution is -0.0689. The molecule has 0 radical (unpaired) electrons. The van der Waals surface area contributed by atoms with Crippen LogP contribution in [0.15, 0.2) is 11.4 Å². The number of aromatic nitrogens is 1. The normalized spacial score (nSPS) is 23.3. The summed E-state index contributed by atoms with van der Waals surface area (Å²) in [5.74, 6) is 0. The Morgan fingerprint density at radius 2 is 2.19 bits per heavy atom. The molecular formula is C14H19N3O2S2. The van der Waals surface area contributed by atoms with Crippen molar-refractivity contribution in [2.45, 2.75) is 51.4 Å². The van der Waals surface area contributed by atoms with Crippen LogP contribution in [0, 0.1) is 0 Å². The van der Waals surface area contributed by atoms with Crippen LogP contribution in [-0.4, -0.2) is 28.3 Å². The summed E-state index contributed by atoms with van der Waals surface area (Å²) in [6, 6.07) is 1.71. The lowest BCUT2D eigenvalue weighted by atomic mass is 9.95. The van der Waals surface area contributed by atoms with Gasteiger partial charge in [-0.15, -0.1) is 11.3 Å². The van der Waals surface area contributed by atoms with Crippen LogP contribution in [0.5, 0.6) is 0 Å². The van der Waals surface area contributed by atoms with Gasteiger partial charge in [-0.25, -0.2) is 9.78 Å². The number of thiazole rings is 1. The number of hydrogen-bond donors (Lipinski definition) is 2. The number of nitrogens with one attached hydrogen (secondary N) is 2. The topological polar surface area (TPSA) is 63.2 Å². The molecule has 0 saturated carbocycles. The number of nitrogens with zero attached hydrogens (tertiary/aromatic N) is 1. The quantitative estimate of drug-likeness (QED) is 0.882. The third-order valence-corrected chi connectivity index (χ3v) is 5.64. The molecule has 2 aromatic heterocycles. The van der Waals surface area contributed by atoms with Crippen molar-refractivity contribution in [1.82, 2.24) is 10.3 Å². The van der Waals surface area contributed by atoms with E-state index in [4.69, 9.17) is 4.74 Å². The van der Waals surface area contributed by atoms with Gasteiger partial charge in [-0.05, 0) is 45.6 Å². The van der Waals surface area contributed by atoms with Crippen molar-refractivity contribution in [3.63, 3.8) is 0 Å². The van der Waals surface area contributed by atoms with Crippen molar-refractivity contribution in [1.29, 1.82) is 0 Å². The molecule has 2 amide bonds. The second-order valence-electron chi connectivity index (χ2n) is 6.43. The molecule has 0 aromatic carbocycles. The van der Waals surface area contributed by atoms with Gasteiger partial charge < -0.3 is 10.1 Å². The standard InChI is InChI=1S/C14H19N3O2S2/c1-13(2)7-9(14(3,4)19-13)16-11(18)17-12-15-8-5-6-20-10(8)21-12/h5-6,9H,7H2,1-4H3,(H2,15,16,17,18). The number of carbonyl (C=O) groups is 1. The fourth-order valence-electron chi connectivity index (χ4n) is 2.80. The van der Waals surface area contributed by atoms with Crippen LogP contribution in [0.1, 0.15) is 34.1 Å². The van der Waals surface area contributed by atoms with Crippen LogP contribution in [-0.2, 0) is 4.74 Å². The Morgan fingerprint density at radius 1 is 1.43 bits per heavy atom. The highest BCUT2D eigenvalue weighted by atomic mass is 32.2. The number of thiophene rings is 1. The van der Waals surface area contributed by atoms with E-state index in [1.54, 1.807) is 11.3 Å². The molecule has 0 bridgehead atoms. The smallest absolute Gasteiger partial charge is 0.321 e. The van der Waals surface area contributed by atoms with Crippen molar-refractivity contribution < 1.29 is 9.53 Å². The van der Waals surface area contributed by atoms with Crippen LogP contribution in [0.25, 0.3) is 9.53 Å². The summed E-state index contributed by atoms with van der Waals surface area (Å²) in [6.07, 6.45) is 0.792. The van der Waals surface area contributed by atoms with Gasteiger partial charge in [0.2, 0.25) is 0 Å². The molecule has 7 heteroatoms. The Morgan fingerprint density at radius 3 is 2.81 bits per heavy atom. The first-order valence-corrected chi connectivity index (χ1v) is 8.56. The van der Waals surface area contributed by atoms with Gasteiger partial charge in [0.05, 0.1) is 22.8 Å². The zero-order chi connectivity index (χ0) is 15.3. The van der Waals surface area contributed by atoms with E-state index in [0.717, 1.165) is 16.0 Å². The van der Waals surface area contributed by atoms with Gasteiger partial charge in [0.15, 0.2) is 5.13 Å². The van der Waals surface area contributed by atoms with Gasteiger partial charge in [-0.2, -0.15) is 0 Å². The minimum atomic E-state index is -0.371. The fourth-order valence-corrected chi connectivity index (χ4v) is 4.63. The molecule has 3 rings (SSSR count). The Balaban J connectivity index is 1.65. The third-order valence-electron chi connectivity index (χ3n) is 3.62. The van der Waals surface area contributed by atoms with E-state index in [0.29, 0.717) is 5.13 Å². The molecule has 3 heterocycles. The van der Waals surface area contributed by atoms with E-state index in [2.05, 4.69) is 15.6 Å². The summed E-state index contributed by atoms with van der Waals surface area (Å²) >= 11 is 3.13. The summed E-state index contributed by atoms with van der Waals surface area (Å²) in [4.78, 5) is 16.5. The highest BCUT2D eigenvalue weighted by molar-refractivity contribution is 7.39. The minimum Gasteiger partial charge on any atom is -0.367 e. The summed E-state index contributed by atoms with van der Waals surface area (Å²) in [7, 11) is 0. The van der Waals surface area contributed by atoms with Crippen LogP contribution >= 0.6 is 22.7 Å². The second kappa shape index (κ2) is 4.93. The molecule has 2 aromatic rings. The Kier molecular flexibility index (Phi) is 3.46. The van der Waals surface area contributed by atoms with Crippen LogP contribution < -0.4 is 10.6 Å². The molecule has 2 N–H and O–H groups in total. The van der Waals surface area contributed by atoms with Crippen LogP contribution in [0.3, 0.4) is 0 Å². The average molecular weight is 325 g/mol. The summed E-state index contributed by atoms with van der Waals surface area (Å²) < 4.78 is 7.10. The maximum absolute atomic E-state index is 12.2. The molecular weight excluding hydrogens is 306 g/mol. The molecule has 21 heavy (non-hydrogen) atoms. The number of ether oxygens (including phenoxy) is 1. The van der Waals surface area contributed by atoms with E-state index in [1.165, 1.54) is 11.3 Å². The zero-order valence-corrected chi connectivity index (χ0v) is 14.2. The fraction of sp³-hybridized carbons (Fsp3) is 0.571. The van der Waals surface area contributed by atoms with Crippen LogP contribution in [0.2, 0.25) is 0 Å². The summed E-state index contributed by atoms with van der Waals surface area (Å²) in [5.41, 5.74) is 0.348. The number of carbonyl (C=O) groups excluding carboxylic acids is 1. The first kappa shape index (κ1) is 14.7. The SMILES string of the molecule is CC1(C)CC(NC(=O)Nc2nc3ccsc3s2)C(C)(C)O1. The van der Waals surface area contributed by atoms with E-state index < -0.39 is 0 Å². The van der Waals surface area contributed by atoms with Crippen LogP contribution in [0.4, 0.5) is 9.93 Å². The van der Waals surface area contributed by atoms with Crippen molar-refractivity contribution in [3.8, 4) is 0 Å². The molecule has 1 unspecified atom stereocenters. The second-order valence-corrected chi connectivity index (χ2v) is 8.61. The highest BCUT2D eigenvalue weighted by Crippen LogP contribution is 2.37. The average Bonchev–Trinajstić information content (AvgIpc) is 2.90. The Bertz CT molecular complexity index is 646. The van der Waals surface area contributed by atoms with Crippen molar-refractivity contribution in [2.24, 2.45) is 0 Å². The lowest BCUT2D eigenvalue weighted by Crippen LogP contribution is -2.47. The van der Waals surface area contributed by atoms with Gasteiger partial charge in [0.1, 0.15) is 4.01 Å². The Labute approximate surface area is 131 Å². The predicted molar refractivity (Wildman–Crippen MR) is 87.3 cm³/mol. The number of hydrogen-bond acceptors (Lipinski definition) is 5. The van der Waals surface area contributed by atoms with E-state index >= 15 is 0 Å². The largest absolute Gasteiger partial charge is 0.367 e. The molecule has 1 atom stereocenters. The van der Waals surface area contributed by atoms with E-state index in [1.807, 2.05) is 39.1 Å². The first-order chi connectivity index (χ1) is 9.75. The maximum Gasteiger partial charge on any atom is 0.321 e. The van der Waals surface area contributed by atoms with Gasteiger partial charge in [-0.1, -0.05) is 11.3 Å². The number of rotatable bonds is 2. The predicted octanol–water partition coefficient (Wildman–Crippen LogP) is 3.83. The van der Waals surface area contributed by atoms with Gasteiger partial charge in [0, 0.05) is 0 Å². The number of fused-ring (bicyclic) bond motifs is 1. The molecule has 1 aliphatic rings. The van der Waals surface area contributed by atoms with Crippen molar-refractivity contribution in [3.05, 3.63) is 11.4 Å². The van der Waals surface area contributed by atoms with Gasteiger partial charge in [0.25, 0.3) is 0 Å². The summed E-state index contributed by atoms with van der Waals surface area (Å²) in [5, 5.41) is 8.45. The molecule has 1 aliphatic heterocycles. The first-order valence-electron chi connectivity index (χ1n) is 6.87. The molecule has 1 saturated heterocycles. The zero-order valence-electron chi connectivity index (χ0n) is 12.5. The number of anilines is 1. The molecule has 0 aliphatic carbocycles. The van der Waals surface area contributed by atoms with Crippen molar-refractivity contribution in [2.75, 3.05) is 5.32 Å². The van der Waals surface area contributed by atoms with Gasteiger partial charge >= 0.3 is 6.03 Å². The molecule has 5 nitrogen and oxygen atoms in total. The van der Waals surface area contributed by atoms with Crippen molar-refractivity contribution >= 4 is 43.4 Å². The maximum atomic E-state index is 12.2. The van der Waals surface area contributed by atoms with E-state index in [-0.39, 0.29) is 23.3 Å². The molecule has 1 fully saturated rings. The lowest BCUT2D eigenvalue weighted by Gasteiger charge is -2.27. The van der Waals surface area contributed by atoms with Gasteiger partial charge in [-0.3, -0.25) is 5.32 Å². The Hall–Kier alpha value is -1.18. The molecule has 114 valence electrons. The third kappa shape index (κ3) is 3.04. The van der Waals surface area contributed by atoms with E-state index in [9.17, 15) is 4.79 Å².